The number of likely N-dealkylation sites (N-methyl/N-ethyl adjacent to an activating group) is 1. The van der Waals surface area contributed by atoms with Crippen LogP contribution in [0.3, 0.4) is 0 Å². The summed E-state index contributed by atoms with van der Waals surface area (Å²) in [5.74, 6) is 0. The lowest BCUT2D eigenvalue weighted by Gasteiger charge is -2.38. The van der Waals surface area contributed by atoms with Gasteiger partial charge in [-0.05, 0) is 38.6 Å². The van der Waals surface area contributed by atoms with Crippen LogP contribution in [0.5, 0.6) is 0 Å². The average Bonchev–Trinajstić information content (AvgIpc) is 2.38. The molecule has 18 heavy (non-hydrogen) atoms. The van der Waals surface area contributed by atoms with Crippen molar-refractivity contribution in [1.29, 1.82) is 0 Å². The average molecular weight is 332 g/mol. The van der Waals surface area contributed by atoms with E-state index in [0.717, 1.165) is 23.4 Å². The molecule has 1 aromatic rings. The summed E-state index contributed by atoms with van der Waals surface area (Å²) in [4.78, 5) is 4.75. The van der Waals surface area contributed by atoms with Gasteiger partial charge < -0.3 is 9.80 Å². The number of halogens is 2. The topological polar surface area (TPSA) is 6.48 Å². The molecule has 1 unspecified atom stereocenters. The molecule has 1 aromatic carbocycles. The Kier molecular flexibility index (Phi) is 4.93. The van der Waals surface area contributed by atoms with Gasteiger partial charge in [0, 0.05) is 24.5 Å². The van der Waals surface area contributed by atoms with Crippen LogP contribution in [0.2, 0.25) is 5.02 Å². The van der Waals surface area contributed by atoms with Crippen molar-refractivity contribution in [2.24, 2.45) is 0 Å². The van der Waals surface area contributed by atoms with Gasteiger partial charge in [0.2, 0.25) is 0 Å². The van der Waals surface area contributed by atoms with Gasteiger partial charge in [0.1, 0.15) is 0 Å². The van der Waals surface area contributed by atoms with E-state index < -0.39 is 0 Å². The van der Waals surface area contributed by atoms with Crippen molar-refractivity contribution in [3.63, 3.8) is 0 Å². The third-order valence-corrected chi connectivity index (χ3v) is 4.57. The normalized spacial score (nSPS) is 20.5. The van der Waals surface area contributed by atoms with Crippen molar-refractivity contribution >= 4 is 33.2 Å². The van der Waals surface area contributed by atoms with Crippen molar-refractivity contribution in [2.75, 3.05) is 32.1 Å². The Balaban J connectivity index is 2.25. The molecule has 0 aromatic heterocycles. The monoisotopic (exact) mass is 330 g/mol. The number of rotatable bonds is 3. The van der Waals surface area contributed by atoms with Gasteiger partial charge in [-0.15, -0.1) is 0 Å². The Morgan fingerprint density at radius 2 is 2.22 bits per heavy atom. The summed E-state index contributed by atoms with van der Waals surface area (Å²) < 4.78 is 0. The van der Waals surface area contributed by atoms with Crippen molar-refractivity contribution < 1.29 is 0 Å². The summed E-state index contributed by atoms with van der Waals surface area (Å²) in [6.45, 7) is 2.17. The molecule has 0 bridgehead atoms. The number of benzene rings is 1. The smallest absolute Gasteiger partial charge is 0.0642 e. The van der Waals surface area contributed by atoms with Crippen LogP contribution in [0.4, 0.5) is 5.69 Å². The van der Waals surface area contributed by atoms with E-state index in [-0.39, 0.29) is 0 Å². The fraction of sp³-hybridized carbons (Fsp3) is 0.571. The molecule has 100 valence electrons. The van der Waals surface area contributed by atoms with E-state index in [0.29, 0.717) is 6.04 Å². The molecule has 1 fully saturated rings. The van der Waals surface area contributed by atoms with Crippen molar-refractivity contribution in [3.05, 3.63) is 28.8 Å². The number of nitrogens with zero attached hydrogens (tertiary/aromatic N) is 2. The summed E-state index contributed by atoms with van der Waals surface area (Å²) in [7, 11) is 4.32. The molecule has 1 saturated heterocycles. The summed E-state index contributed by atoms with van der Waals surface area (Å²) >= 11 is 9.95. The number of para-hydroxylation sites is 1. The van der Waals surface area contributed by atoms with Crippen molar-refractivity contribution in [1.82, 2.24) is 4.90 Å². The van der Waals surface area contributed by atoms with Gasteiger partial charge in [0.15, 0.2) is 0 Å². The minimum atomic E-state index is 0.623. The van der Waals surface area contributed by atoms with Crippen LogP contribution in [0, 0.1) is 0 Å². The number of piperidine rings is 1. The lowest BCUT2D eigenvalue weighted by Crippen LogP contribution is -2.45. The van der Waals surface area contributed by atoms with Crippen LogP contribution in [0.1, 0.15) is 18.4 Å². The molecular formula is C14H20BrClN2. The SMILES string of the molecule is CN(C)C1CCCN(c2c(Cl)cccc2CBr)C1. The minimum Gasteiger partial charge on any atom is -0.369 e. The van der Waals surface area contributed by atoms with Crippen LogP contribution in [0.25, 0.3) is 0 Å². The highest BCUT2D eigenvalue weighted by molar-refractivity contribution is 9.08. The largest absolute Gasteiger partial charge is 0.369 e. The summed E-state index contributed by atoms with van der Waals surface area (Å²) in [5, 5.41) is 1.72. The minimum absolute atomic E-state index is 0.623. The van der Waals surface area contributed by atoms with Crippen molar-refractivity contribution in [3.8, 4) is 0 Å². The number of alkyl halides is 1. The maximum Gasteiger partial charge on any atom is 0.0642 e. The van der Waals surface area contributed by atoms with Gasteiger partial charge >= 0.3 is 0 Å². The molecule has 1 atom stereocenters. The number of anilines is 1. The predicted octanol–water partition coefficient (Wildman–Crippen LogP) is 3.77. The van der Waals surface area contributed by atoms with E-state index in [4.69, 9.17) is 11.6 Å². The molecule has 1 heterocycles. The molecule has 0 spiro atoms. The third kappa shape index (κ3) is 3.01. The first-order chi connectivity index (χ1) is 8.63. The van der Waals surface area contributed by atoms with Gasteiger partial charge in [0.05, 0.1) is 10.7 Å². The van der Waals surface area contributed by atoms with Crippen molar-refractivity contribution in [2.45, 2.75) is 24.2 Å². The summed E-state index contributed by atoms with van der Waals surface area (Å²) in [5.41, 5.74) is 2.49. The first-order valence-corrected chi connectivity index (χ1v) is 7.88. The highest BCUT2D eigenvalue weighted by Gasteiger charge is 2.24. The molecule has 0 N–H and O–H groups in total. The predicted molar refractivity (Wildman–Crippen MR) is 83.0 cm³/mol. The second-order valence-corrected chi connectivity index (χ2v) is 6.05. The Hall–Kier alpha value is -0.250. The zero-order valence-corrected chi connectivity index (χ0v) is 13.3. The summed E-state index contributed by atoms with van der Waals surface area (Å²) in [6, 6.07) is 6.78. The van der Waals surface area contributed by atoms with E-state index in [1.54, 1.807) is 0 Å². The van der Waals surface area contributed by atoms with E-state index >= 15 is 0 Å². The number of hydrogen-bond donors (Lipinski definition) is 0. The quantitative estimate of drug-likeness (QED) is 0.778. The zero-order valence-electron chi connectivity index (χ0n) is 11.0. The van der Waals surface area contributed by atoms with Gasteiger partial charge in [-0.1, -0.05) is 39.7 Å². The second-order valence-electron chi connectivity index (χ2n) is 5.09. The standard InChI is InChI=1S/C14H20BrClN2/c1-17(2)12-6-4-8-18(10-12)14-11(9-15)5-3-7-13(14)16/h3,5,7,12H,4,6,8-10H2,1-2H3. The molecule has 0 saturated carbocycles. The molecule has 2 nitrogen and oxygen atoms in total. The molecule has 0 aliphatic carbocycles. The maximum atomic E-state index is 6.39. The maximum absolute atomic E-state index is 6.39. The molecular weight excluding hydrogens is 312 g/mol. The zero-order chi connectivity index (χ0) is 13.1. The van der Waals surface area contributed by atoms with Crippen LogP contribution in [-0.4, -0.2) is 38.1 Å². The van der Waals surface area contributed by atoms with E-state index in [1.807, 2.05) is 12.1 Å². The summed E-state index contributed by atoms with van der Waals surface area (Å²) in [6.07, 6.45) is 2.51. The Labute approximate surface area is 123 Å². The van der Waals surface area contributed by atoms with Crippen LogP contribution >= 0.6 is 27.5 Å². The van der Waals surface area contributed by atoms with E-state index in [9.17, 15) is 0 Å². The lowest BCUT2D eigenvalue weighted by atomic mass is 10.0. The number of hydrogen-bond acceptors (Lipinski definition) is 2. The third-order valence-electron chi connectivity index (χ3n) is 3.66. The fourth-order valence-electron chi connectivity index (χ4n) is 2.60. The Morgan fingerprint density at radius 1 is 1.44 bits per heavy atom. The molecule has 1 aliphatic heterocycles. The highest BCUT2D eigenvalue weighted by atomic mass is 79.9. The first-order valence-electron chi connectivity index (χ1n) is 6.38. The Bertz CT molecular complexity index is 409. The molecule has 0 radical (unpaired) electrons. The second kappa shape index (κ2) is 6.27. The fourth-order valence-corrected chi connectivity index (χ4v) is 3.37. The lowest BCUT2D eigenvalue weighted by molar-refractivity contribution is 0.258. The van der Waals surface area contributed by atoms with Crippen LogP contribution in [0.15, 0.2) is 18.2 Å². The van der Waals surface area contributed by atoms with Gasteiger partial charge in [-0.25, -0.2) is 0 Å². The molecule has 4 heteroatoms. The Morgan fingerprint density at radius 3 is 2.89 bits per heavy atom. The van der Waals surface area contributed by atoms with Crippen LogP contribution in [-0.2, 0) is 5.33 Å². The van der Waals surface area contributed by atoms with Gasteiger partial charge in [0.25, 0.3) is 0 Å². The van der Waals surface area contributed by atoms with Gasteiger partial charge in [-0.3, -0.25) is 0 Å². The molecule has 1 aliphatic rings. The van der Waals surface area contributed by atoms with E-state index in [2.05, 4.69) is 45.9 Å². The van der Waals surface area contributed by atoms with E-state index in [1.165, 1.54) is 24.1 Å². The highest BCUT2D eigenvalue weighted by Crippen LogP contribution is 2.33. The van der Waals surface area contributed by atoms with Crippen LogP contribution < -0.4 is 4.90 Å². The first kappa shape index (κ1) is 14.2. The van der Waals surface area contributed by atoms with Gasteiger partial charge in [-0.2, -0.15) is 0 Å². The molecule has 2 rings (SSSR count). The molecule has 0 amide bonds.